The summed E-state index contributed by atoms with van der Waals surface area (Å²) >= 11 is 0. The van der Waals surface area contributed by atoms with Gasteiger partial charge in [-0.05, 0) is 38.8 Å². The number of benzene rings is 1. The molecule has 178 valence electrons. The van der Waals surface area contributed by atoms with Gasteiger partial charge in [-0.3, -0.25) is 14.4 Å². The predicted octanol–water partition coefficient (Wildman–Crippen LogP) is 1.76. The van der Waals surface area contributed by atoms with Gasteiger partial charge in [-0.25, -0.2) is 12.7 Å². The Labute approximate surface area is 191 Å². The van der Waals surface area contributed by atoms with Crippen molar-refractivity contribution < 1.29 is 32.1 Å². The highest BCUT2D eigenvalue weighted by molar-refractivity contribution is 7.90. The number of aromatic nitrogens is 2. The monoisotopic (exact) mass is 478 g/mol. The number of aryl methyl sites for hydroxylation is 1. The van der Waals surface area contributed by atoms with Gasteiger partial charge >= 0.3 is 5.97 Å². The Balaban J connectivity index is 1.41. The average molecular weight is 479 g/mol. The summed E-state index contributed by atoms with van der Waals surface area (Å²) in [5.41, 5.74) is 0.172. The quantitative estimate of drug-likeness (QED) is 0.376. The number of nitrogens with one attached hydrogen (secondary N) is 1. The number of fused-ring (bicyclic) bond motifs is 1. The SMILES string of the molecule is CCOC(=O)CCc1nc([C@H](C)NC(=O)CCCCN2C(=O)c3ccccc3S2(=O)=O)no1. The van der Waals surface area contributed by atoms with Crippen molar-refractivity contribution in [3.05, 3.63) is 41.5 Å². The van der Waals surface area contributed by atoms with E-state index in [1.165, 1.54) is 12.1 Å². The van der Waals surface area contributed by atoms with Crippen molar-refractivity contribution in [3.8, 4) is 0 Å². The number of unbranched alkanes of at least 4 members (excludes halogenated alkanes) is 1. The standard InChI is InChI=1S/C21H26N4O7S/c1-3-31-19(27)12-11-18-23-20(24-32-18)14(2)22-17(26)10-6-7-13-25-21(28)15-8-4-5-9-16(15)33(25,29)30/h4-5,8-9,14H,3,6-7,10-13H2,1-2H3,(H,22,26)/t14-/m0/s1. The molecule has 0 aliphatic carbocycles. The van der Waals surface area contributed by atoms with E-state index >= 15 is 0 Å². The summed E-state index contributed by atoms with van der Waals surface area (Å²) < 4.78 is 35.8. The fraction of sp³-hybridized carbons (Fsp3) is 0.476. The molecule has 1 aliphatic heterocycles. The fourth-order valence-corrected chi connectivity index (χ4v) is 4.97. The molecule has 0 saturated heterocycles. The minimum absolute atomic E-state index is 0.00729. The van der Waals surface area contributed by atoms with Gasteiger partial charge in [-0.1, -0.05) is 17.3 Å². The lowest BCUT2D eigenvalue weighted by molar-refractivity contribution is -0.143. The second-order valence-corrected chi connectivity index (χ2v) is 9.31. The molecule has 0 radical (unpaired) electrons. The van der Waals surface area contributed by atoms with Gasteiger partial charge in [0.05, 0.1) is 24.6 Å². The summed E-state index contributed by atoms with van der Waals surface area (Å²) in [7, 11) is -3.84. The molecule has 33 heavy (non-hydrogen) atoms. The smallest absolute Gasteiger partial charge is 0.306 e. The van der Waals surface area contributed by atoms with Gasteiger partial charge in [0.1, 0.15) is 4.90 Å². The maximum atomic E-state index is 12.5. The largest absolute Gasteiger partial charge is 0.466 e. The molecule has 1 aliphatic rings. The summed E-state index contributed by atoms with van der Waals surface area (Å²) in [6.07, 6.45) is 1.25. The van der Waals surface area contributed by atoms with Gasteiger partial charge in [0.15, 0.2) is 5.82 Å². The molecule has 2 amide bonds. The normalized spacial score (nSPS) is 15.2. The third kappa shape index (κ3) is 5.75. The van der Waals surface area contributed by atoms with Crippen LogP contribution >= 0.6 is 0 Å². The molecular formula is C21H26N4O7S. The molecule has 12 heteroatoms. The van der Waals surface area contributed by atoms with Crippen LogP contribution in [0.3, 0.4) is 0 Å². The van der Waals surface area contributed by atoms with E-state index in [9.17, 15) is 22.8 Å². The summed E-state index contributed by atoms with van der Waals surface area (Å²) in [4.78, 5) is 40.2. The number of ether oxygens (including phenoxy) is 1. The topological polar surface area (TPSA) is 149 Å². The summed E-state index contributed by atoms with van der Waals surface area (Å²) in [5.74, 6) is -0.602. The van der Waals surface area contributed by atoms with Crippen LogP contribution in [0.4, 0.5) is 0 Å². The number of sulfonamides is 1. The minimum atomic E-state index is -3.84. The lowest BCUT2D eigenvalue weighted by Gasteiger charge is -2.15. The zero-order chi connectivity index (χ0) is 24.0. The molecule has 1 aromatic carbocycles. The molecule has 0 bridgehead atoms. The van der Waals surface area contributed by atoms with E-state index in [0.29, 0.717) is 19.4 Å². The highest BCUT2D eigenvalue weighted by Crippen LogP contribution is 2.30. The Hall–Kier alpha value is -3.28. The van der Waals surface area contributed by atoms with E-state index in [1.54, 1.807) is 26.0 Å². The Kier molecular flexibility index (Phi) is 7.79. The third-order valence-electron chi connectivity index (χ3n) is 5.02. The van der Waals surface area contributed by atoms with E-state index in [2.05, 4.69) is 15.5 Å². The number of hydrogen-bond donors (Lipinski definition) is 1. The number of rotatable bonds is 11. The molecule has 0 saturated carbocycles. The average Bonchev–Trinajstić information content (AvgIpc) is 3.33. The van der Waals surface area contributed by atoms with Crippen LogP contribution < -0.4 is 5.32 Å². The van der Waals surface area contributed by atoms with Gasteiger partial charge < -0.3 is 14.6 Å². The minimum Gasteiger partial charge on any atom is -0.466 e. The van der Waals surface area contributed by atoms with Gasteiger partial charge in [0.25, 0.3) is 15.9 Å². The predicted molar refractivity (Wildman–Crippen MR) is 114 cm³/mol. The summed E-state index contributed by atoms with van der Waals surface area (Å²) in [6, 6.07) is 5.59. The van der Waals surface area contributed by atoms with E-state index in [0.717, 1.165) is 4.31 Å². The second-order valence-electron chi connectivity index (χ2n) is 7.48. The van der Waals surface area contributed by atoms with Crippen molar-refractivity contribution in [1.82, 2.24) is 19.8 Å². The highest BCUT2D eigenvalue weighted by atomic mass is 32.2. The number of carbonyl (C=O) groups excluding carboxylic acids is 3. The molecule has 3 rings (SSSR count). The first-order chi connectivity index (χ1) is 15.7. The molecule has 11 nitrogen and oxygen atoms in total. The number of hydrogen-bond acceptors (Lipinski definition) is 9. The third-order valence-corrected chi connectivity index (χ3v) is 6.86. The van der Waals surface area contributed by atoms with Crippen molar-refractivity contribution >= 4 is 27.8 Å². The lowest BCUT2D eigenvalue weighted by Crippen LogP contribution is -2.31. The molecule has 2 heterocycles. The first kappa shape index (κ1) is 24.4. The number of amides is 2. The molecule has 0 spiro atoms. The van der Waals surface area contributed by atoms with E-state index in [-0.39, 0.29) is 59.9 Å². The zero-order valence-corrected chi connectivity index (χ0v) is 19.3. The Morgan fingerprint density at radius 1 is 1.21 bits per heavy atom. The Morgan fingerprint density at radius 3 is 2.70 bits per heavy atom. The lowest BCUT2D eigenvalue weighted by atomic mass is 10.2. The van der Waals surface area contributed by atoms with Crippen LogP contribution in [0.5, 0.6) is 0 Å². The van der Waals surface area contributed by atoms with Crippen LogP contribution in [0, 0.1) is 0 Å². The van der Waals surface area contributed by atoms with Crippen LogP contribution in [-0.4, -0.2) is 53.8 Å². The molecule has 2 aromatic rings. The Bertz CT molecular complexity index is 1130. The summed E-state index contributed by atoms with van der Waals surface area (Å²) in [6.45, 7) is 3.73. The Morgan fingerprint density at radius 2 is 1.97 bits per heavy atom. The van der Waals surface area contributed by atoms with Crippen LogP contribution in [0.15, 0.2) is 33.7 Å². The zero-order valence-electron chi connectivity index (χ0n) is 18.4. The summed E-state index contributed by atoms with van der Waals surface area (Å²) in [5, 5.41) is 6.57. The van der Waals surface area contributed by atoms with Crippen molar-refractivity contribution in [2.75, 3.05) is 13.2 Å². The second kappa shape index (κ2) is 10.6. The van der Waals surface area contributed by atoms with E-state index in [4.69, 9.17) is 9.26 Å². The van der Waals surface area contributed by atoms with Crippen LogP contribution in [0.2, 0.25) is 0 Å². The van der Waals surface area contributed by atoms with Gasteiger partial charge in [0, 0.05) is 19.4 Å². The van der Waals surface area contributed by atoms with Gasteiger partial charge in [-0.2, -0.15) is 4.98 Å². The molecular weight excluding hydrogens is 452 g/mol. The van der Waals surface area contributed by atoms with Crippen LogP contribution in [0.1, 0.15) is 67.6 Å². The molecule has 0 fully saturated rings. The van der Waals surface area contributed by atoms with Gasteiger partial charge in [0.2, 0.25) is 11.8 Å². The van der Waals surface area contributed by atoms with Crippen molar-refractivity contribution in [2.24, 2.45) is 0 Å². The van der Waals surface area contributed by atoms with Crippen molar-refractivity contribution in [2.45, 2.75) is 56.9 Å². The van der Waals surface area contributed by atoms with Crippen molar-refractivity contribution in [1.29, 1.82) is 0 Å². The molecule has 1 aromatic heterocycles. The van der Waals surface area contributed by atoms with E-state index in [1.807, 2.05) is 0 Å². The van der Waals surface area contributed by atoms with Crippen molar-refractivity contribution in [3.63, 3.8) is 0 Å². The number of esters is 1. The fourth-order valence-electron chi connectivity index (χ4n) is 3.36. The van der Waals surface area contributed by atoms with Crippen LogP contribution in [0.25, 0.3) is 0 Å². The highest BCUT2D eigenvalue weighted by Gasteiger charge is 2.40. The molecule has 1 atom stereocenters. The maximum absolute atomic E-state index is 12.5. The number of carbonyl (C=O) groups is 3. The van der Waals surface area contributed by atoms with Gasteiger partial charge in [-0.15, -0.1) is 0 Å². The first-order valence-electron chi connectivity index (χ1n) is 10.7. The van der Waals surface area contributed by atoms with E-state index < -0.39 is 22.0 Å². The molecule has 0 unspecified atom stereocenters. The molecule has 1 N–H and O–H groups in total. The van der Waals surface area contributed by atoms with Crippen LogP contribution in [-0.2, 0) is 30.8 Å². The first-order valence-corrected chi connectivity index (χ1v) is 12.1. The maximum Gasteiger partial charge on any atom is 0.306 e. The number of nitrogens with zero attached hydrogens (tertiary/aromatic N) is 3.